The third kappa shape index (κ3) is 21.8. The highest BCUT2D eigenvalue weighted by atomic mass is 16.4. The van der Waals surface area contributed by atoms with E-state index >= 15 is 0 Å². The maximum Gasteiger partial charge on any atom is 0.303 e. The summed E-state index contributed by atoms with van der Waals surface area (Å²) in [6.45, 7) is 5.92. The van der Waals surface area contributed by atoms with Gasteiger partial charge in [0.15, 0.2) is 0 Å². The van der Waals surface area contributed by atoms with E-state index < -0.39 is 5.97 Å². The number of aliphatic carboxylic acids is 1. The average Bonchev–Trinajstić information content (AvgIpc) is 2.46. The standard InChI is InChI=1S/C12H24O2.C5H12O2/c1-2-3-4-5-6-7-8-9-10-11-12(13)14;1-5(2,3-6)4-7/h2-11H2,1H3,(H,13,14);6-7H,3-4H2,1-2H3. The zero-order valence-electron chi connectivity index (χ0n) is 14.2. The van der Waals surface area contributed by atoms with Gasteiger partial charge in [0.2, 0.25) is 0 Å². The summed E-state index contributed by atoms with van der Waals surface area (Å²) in [5, 5.41) is 25.3. The summed E-state index contributed by atoms with van der Waals surface area (Å²) in [5.74, 6) is -0.659. The Balaban J connectivity index is 0. The van der Waals surface area contributed by atoms with Crippen LogP contribution in [0, 0.1) is 5.41 Å². The Hall–Kier alpha value is -0.610. The molecule has 4 heteroatoms. The first-order chi connectivity index (χ1) is 9.89. The molecule has 3 N–H and O–H groups in total. The third-order valence-corrected chi connectivity index (χ3v) is 3.35. The molecule has 0 bridgehead atoms. The average molecular weight is 304 g/mol. The number of carboxylic acid groups (broad SMARTS) is 1. The van der Waals surface area contributed by atoms with Gasteiger partial charge in [-0.2, -0.15) is 0 Å². The van der Waals surface area contributed by atoms with E-state index in [2.05, 4.69) is 6.92 Å². The van der Waals surface area contributed by atoms with Crippen LogP contribution in [0.25, 0.3) is 0 Å². The molecule has 0 saturated heterocycles. The highest BCUT2D eigenvalue weighted by Gasteiger charge is 2.13. The van der Waals surface area contributed by atoms with Crippen LogP contribution in [0.2, 0.25) is 0 Å². The first-order valence-corrected chi connectivity index (χ1v) is 8.33. The van der Waals surface area contributed by atoms with Gasteiger partial charge in [-0.1, -0.05) is 72.1 Å². The largest absolute Gasteiger partial charge is 0.481 e. The first-order valence-electron chi connectivity index (χ1n) is 8.33. The highest BCUT2D eigenvalue weighted by molar-refractivity contribution is 5.66. The van der Waals surface area contributed by atoms with Crippen molar-refractivity contribution in [3.63, 3.8) is 0 Å². The van der Waals surface area contributed by atoms with Gasteiger partial charge in [-0.3, -0.25) is 4.79 Å². The van der Waals surface area contributed by atoms with E-state index in [9.17, 15) is 4.79 Å². The van der Waals surface area contributed by atoms with Crippen molar-refractivity contribution >= 4 is 5.97 Å². The fourth-order valence-corrected chi connectivity index (χ4v) is 1.64. The number of hydrogen-bond donors (Lipinski definition) is 3. The third-order valence-electron chi connectivity index (χ3n) is 3.35. The monoisotopic (exact) mass is 304 g/mol. The molecule has 4 nitrogen and oxygen atoms in total. The highest BCUT2D eigenvalue weighted by Crippen LogP contribution is 2.10. The zero-order chi connectivity index (χ0) is 16.6. The molecular weight excluding hydrogens is 268 g/mol. The van der Waals surface area contributed by atoms with Crippen LogP contribution in [0.4, 0.5) is 0 Å². The van der Waals surface area contributed by atoms with Gasteiger partial charge in [-0.25, -0.2) is 0 Å². The summed E-state index contributed by atoms with van der Waals surface area (Å²) < 4.78 is 0. The van der Waals surface area contributed by atoms with Crippen molar-refractivity contribution in [3.8, 4) is 0 Å². The van der Waals surface area contributed by atoms with Crippen LogP contribution >= 0.6 is 0 Å². The number of aliphatic hydroxyl groups is 2. The molecule has 0 unspecified atom stereocenters. The predicted octanol–water partition coefficient (Wildman–Crippen LogP) is 3.99. The number of unbranched alkanes of at least 4 members (excludes halogenated alkanes) is 8. The van der Waals surface area contributed by atoms with Gasteiger partial charge < -0.3 is 15.3 Å². The van der Waals surface area contributed by atoms with Crippen molar-refractivity contribution < 1.29 is 20.1 Å². The van der Waals surface area contributed by atoms with E-state index in [-0.39, 0.29) is 18.6 Å². The Labute approximate surface area is 130 Å². The van der Waals surface area contributed by atoms with Gasteiger partial charge in [-0.05, 0) is 6.42 Å². The van der Waals surface area contributed by atoms with Crippen molar-refractivity contribution in [3.05, 3.63) is 0 Å². The van der Waals surface area contributed by atoms with Gasteiger partial charge >= 0.3 is 5.97 Å². The summed E-state index contributed by atoms with van der Waals surface area (Å²) in [6.07, 6.45) is 11.5. The minimum Gasteiger partial charge on any atom is -0.481 e. The maximum absolute atomic E-state index is 10.2. The van der Waals surface area contributed by atoms with E-state index in [1.165, 1.54) is 44.9 Å². The fourth-order valence-electron chi connectivity index (χ4n) is 1.64. The molecule has 0 saturated carbocycles. The van der Waals surface area contributed by atoms with Gasteiger partial charge in [-0.15, -0.1) is 0 Å². The van der Waals surface area contributed by atoms with Crippen molar-refractivity contribution in [2.45, 2.75) is 85.0 Å². The van der Waals surface area contributed by atoms with Crippen LogP contribution in [-0.4, -0.2) is 34.5 Å². The van der Waals surface area contributed by atoms with Crippen LogP contribution in [0.1, 0.15) is 85.0 Å². The number of carboxylic acids is 1. The lowest BCUT2D eigenvalue weighted by molar-refractivity contribution is -0.137. The predicted molar refractivity (Wildman–Crippen MR) is 87.4 cm³/mol. The number of carbonyl (C=O) groups is 1. The lowest BCUT2D eigenvalue weighted by Crippen LogP contribution is -2.20. The fraction of sp³-hybridized carbons (Fsp3) is 0.941. The Morgan fingerprint density at radius 1 is 0.810 bits per heavy atom. The van der Waals surface area contributed by atoms with E-state index in [0.717, 1.165) is 12.8 Å². The van der Waals surface area contributed by atoms with Crippen molar-refractivity contribution in [1.29, 1.82) is 0 Å². The topological polar surface area (TPSA) is 77.8 Å². The molecule has 21 heavy (non-hydrogen) atoms. The molecule has 0 aliphatic heterocycles. The molecule has 0 amide bonds. The molecule has 0 aromatic rings. The zero-order valence-corrected chi connectivity index (χ0v) is 14.2. The summed E-state index contributed by atoms with van der Waals surface area (Å²) in [7, 11) is 0. The molecule has 0 rings (SSSR count). The van der Waals surface area contributed by atoms with Crippen LogP contribution < -0.4 is 0 Å². The lowest BCUT2D eigenvalue weighted by atomic mass is 9.97. The summed E-state index contributed by atoms with van der Waals surface area (Å²) in [5.41, 5.74) is -0.306. The second-order valence-corrected chi connectivity index (χ2v) is 6.45. The van der Waals surface area contributed by atoms with Crippen LogP contribution in [-0.2, 0) is 4.79 Å². The second-order valence-electron chi connectivity index (χ2n) is 6.45. The maximum atomic E-state index is 10.2. The molecule has 0 atom stereocenters. The normalized spacial score (nSPS) is 10.9. The lowest BCUT2D eigenvalue weighted by Gasteiger charge is -2.16. The summed E-state index contributed by atoms with van der Waals surface area (Å²) in [6, 6.07) is 0. The van der Waals surface area contributed by atoms with E-state index in [4.69, 9.17) is 15.3 Å². The van der Waals surface area contributed by atoms with Crippen LogP contribution in [0.15, 0.2) is 0 Å². The quantitative estimate of drug-likeness (QED) is 0.476. The Bertz CT molecular complexity index is 221. The number of aliphatic hydroxyl groups excluding tert-OH is 2. The van der Waals surface area contributed by atoms with Crippen molar-refractivity contribution in [2.75, 3.05) is 13.2 Å². The molecular formula is C17H36O4. The molecule has 0 radical (unpaired) electrons. The molecule has 0 aromatic carbocycles. The number of hydrogen-bond acceptors (Lipinski definition) is 3. The van der Waals surface area contributed by atoms with Crippen molar-refractivity contribution in [1.82, 2.24) is 0 Å². The van der Waals surface area contributed by atoms with Crippen molar-refractivity contribution in [2.24, 2.45) is 5.41 Å². The van der Waals surface area contributed by atoms with Crippen LogP contribution in [0.3, 0.4) is 0 Å². The van der Waals surface area contributed by atoms with Gasteiger partial charge in [0.1, 0.15) is 0 Å². The smallest absolute Gasteiger partial charge is 0.303 e. The minimum absolute atomic E-state index is 0.0451. The number of rotatable bonds is 12. The molecule has 0 heterocycles. The van der Waals surface area contributed by atoms with E-state index in [0.29, 0.717) is 6.42 Å². The molecule has 0 aromatic heterocycles. The Kier molecular flexibility index (Phi) is 17.0. The second kappa shape index (κ2) is 15.8. The summed E-state index contributed by atoms with van der Waals surface area (Å²) in [4.78, 5) is 10.2. The Morgan fingerprint density at radius 2 is 1.19 bits per heavy atom. The first kappa shape index (κ1) is 22.7. The van der Waals surface area contributed by atoms with Crippen LogP contribution in [0.5, 0.6) is 0 Å². The van der Waals surface area contributed by atoms with E-state index in [1.54, 1.807) is 13.8 Å². The Morgan fingerprint density at radius 3 is 1.48 bits per heavy atom. The molecule has 0 fully saturated rings. The molecule has 0 spiro atoms. The minimum atomic E-state index is -0.659. The summed E-state index contributed by atoms with van der Waals surface area (Å²) >= 11 is 0. The van der Waals surface area contributed by atoms with Gasteiger partial charge in [0, 0.05) is 11.8 Å². The molecule has 0 aliphatic rings. The van der Waals surface area contributed by atoms with Gasteiger partial charge in [0.05, 0.1) is 13.2 Å². The molecule has 128 valence electrons. The molecule has 0 aliphatic carbocycles. The van der Waals surface area contributed by atoms with E-state index in [1.807, 2.05) is 0 Å². The SMILES string of the molecule is CC(C)(CO)CO.CCCCCCCCCCCC(=O)O. The van der Waals surface area contributed by atoms with Gasteiger partial charge in [0.25, 0.3) is 0 Å².